The molecule has 3 nitrogen and oxygen atoms in total. The van der Waals surface area contributed by atoms with Crippen molar-refractivity contribution in [3.8, 4) is 0 Å². The van der Waals surface area contributed by atoms with Crippen molar-refractivity contribution in [1.82, 2.24) is 10.6 Å². The van der Waals surface area contributed by atoms with Crippen molar-refractivity contribution < 1.29 is 4.79 Å². The molecule has 0 aliphatic carbocycles. The number of nitrogens with one attached hydrogen (secondary N) is 2. The number of amides is 1. The van der Waals surface area contributed by atoms with Gasteiger partial charge in [0.2, 0.25) is 5.91 Å². The van der Waals surface area contributed by atoms with Crippen molar-refractivity contribution in [3.05, 3.63) is 25.3 Å². The quantitative estimate of drug-likeness (QED) is 0.681. The van der Waals surface area contributed by atoms with E-state index in [1.807, 2.05) is 0 Å². The van der Waals surface area contributed by atoms with Crippen LogP contribution in [0.1, 0.15) is 32.6 Å². The number of carbonyl (C=O) groups is 1. The van der Waals surface area contributed by atoms with Crippen molar-refractivity contribution >= 4 is 5.91 Å². The molecule has 0 atom stereocenters. The predicted molar refractivity (Wildman–Crippen MR) is 76.3 cm³/mol. The van der Waals surface area contributed by atoms with Crippen LogP contribution < -0.4 is 10.6 Å². The van der Waals surface area contributed by atoms with E-state index in [1.165, 1.54) is 0 Å². The van der Waals surface area contributed by atoms with Gasteiger partial charge in [-0.05, 0) is 44.2 Å². The fourth-order valence-electron chi connectivity index (χ4n) is 2.36. The second kappa shape index (κ2) is 7.37. The summed E-state index contributed by atoms with van der Waals surface area (Å²) in [4.78, 5) is 12.1. The van der Waals surface area contributed by atoms with Crippen LogP contribution in [0.5, 0.6) is 0 Å². The van der Waals surface area contributed by atoms with E-state index in [0.717, 1.165) is 45.3 Å². The highest BCUT2D eigenvalue weighted by Gasteiger charge is 2.27. The summed E-state index contributed by atoms with van der Waals surface area (Å²) in [6, 6.07) is 0. The Bertz CT molecular complexity index is 283. The Hall–Kier alpha value is -1.09. The number of hydrogen-bond acceptors (Lipinski definition) is 2. The summed E-state index contributed by atoms with van der Waals surface area (Å²) < 4.78 is 0. The second-order valence-corrected chi connectivity index (χ2v) is 5.52. The number of carbonyl (C=O) groups excluding carboxylic acids is 1. The lowest BCUT2D eigenvalue weighted by atomic mass is 9.81. The maximum Gasteiger partial charge on any atom is 0.223 e. The normalized spacial score (nSPS) is 18.3. The minimum Gasteiger partial charge on any atom is -0.355 e. The van der Waals surface area contributed by atoms with Crippen molar-refractivity contribution in [2.75, 3.05) is 19.6 Å². The van der Waals surface area contributed by atoms with Gasteiger partial charge in [0.1, 0.15) is 0 Å². The third kappa shape index (κ3) is 4.65. The highest BCUT2D eigenvalue weighted by Crippen LogP contribution is 2.26. The summed E-state index contributed by atoms with van der Waals surface area (Å²) in [6.45, 7) is 12.5. The van der Waals surface area contributed by atoms with Crippen LogP contribution in [0.3, 0.4) is 0 Å². The average Bonchev–Trinajstić information content (AvgIpc) is 2.37. The molecule has 1 aliphatic heterocycles. The number of piperidine rings is 1. The second-order valence-electron chi connectivity index (χ2n) is 5.52. The minimum absolute atomic E-state index is 0.00897. The van der Waals surface area contributed by atoms with E-state index in [9.17, 15) is 4.79 Å². The average molecular weight is 250 g/mol. The molecule has 1 aliphatic rings. The molecular weight excluding hydrogens is 224 g/mol. The first-order valence-corrected chi connectivity index (χ1v) is 6.81. The lowest BCUT2D eigenvalue weighted by molar-refractivity contribution is -0.125. The van der Waals surface area contributed by atoms with Gasteiger partial charge in [-0.1, -0.05) is 19.1 Å². The summed E-state index contributed by atoms with van der Waals surface area (Å²) in [5.74, 6) is 0.125. The summed E-state index contributed by atoms with van der Waals surface area (Å²) in [5.41, 5.74) is 0.244. The Morgan fingerprint density at radius 2 is 1.89 bits per heavy atom. The van der Waals surface area contributed by atoms with Crippen LogP contribution in [0.25, 0.3) is 0 Å². The molecule has 3 heteroatoms. The molecular formula is C15H26N2O. The summed E-state index contributed by atoms with van der Waals surface area (Å²) in [5, 5.41) is 6.45. The maximum absolute atomic E-state index is 12.1. The first-order chi connectivity index (χ1) is 8.61. The van der Waals surface area contributed by atoms with Gasteiger partial charge in [-0.2, -0.15) is 0 Å². The van der Waals surface area contributed by atoms with Crippen LogP contribution in [0.4, 0.5) is 0 Å². The first-order valence-electron chi connectivity index (χ1n) is 6.81. The van der Waals surface area contributed by atoms with Gasteiger partial charge in [0, 0.05) is 12.5 Å². The molecule has 1 heterocycles. The first kappa shape index (κ1) is 15.0. The van der Waals surface area contributed by atoms with Gasteiger partial charge in [0.05, 0.1) is 0 Å². The highest BCUT2D eigenvalue weighted by molar-refractivity contribution is 5.79. The molecule has 0 saturated carbocycles. The molecule has 0 aromatic heterocycles. The highest BCUT2D eigenvalue weighted by atomic mass is 16.1. The van der Waals surface area contributed by atoms with Crippen molar-refractivity contribution in [2.45, 2.75) is 32.6 Å². The molecule has 0 bridgehead atoms. The van der Waals surface area contributed by atoms with Crippen LogP contribution >= 0.6 is 0 Å². The van der Waals surface area contributed by atoms with Gasteiger partial charge in [-0.3, -0.25) is 4.79 Å². The standard InChI is InChI=1S/C15H26N2O/c1-4-6-13(7-5-2)14(18)17-12-15(3)8-10-16-11-9-15/h4-5,13,16H,1-2,6-12H2,3H3,(H,17,18). The fourth-order valence-corrected chi connectivity index (χ4v) is 2.36. The lowest BCUT2D eigenvalue weighted by Crippen LogP contribution is -2.44. The number of hydrogen-bond donors (Lipinski definition) is 2. The monoisotopic (exact) mass is 250 g/mol. The van der Waals surface area contributed by atoms with Gasteiger partial charge in [-0.25, -0.2) is 0 Å². The Labute approximate surface area is 111 Å². The van der Waals surface area contributed by atoms with Gasteiger partial charge in [0.25, 0.3) is 0 Å². The van der Waals surface area contributed by atoms with E-state index in [4.69, 9.17) is 0 Å². The predicted octanol–water partition coefficient (Wildman–Crippen LogP) is 2.26. The Kier molecular flexibility index (Phi) is 6.13. The van der Waals surface area contributed by atoms with Crippen LogP contribution in [-0.4, -0.2) is 25.5 Å². The molecule has 1 saturated heterocycles. The summed E-state index contributed by atoms with van der Waals surface area (Å²) >= 11 is 0. The summed E-state index contributed by atoms with van der Waals surface area (Å²) in [7, 11) is 0. The third-order valence-corrected chi connectivity index (χ3v) is 3.77. The van der Waals surface area contributed by atoms with E-state index in [0.29, 0.717) is 0 Å². The zero-order valence-corrected chi connectivity index (χ0v) is 11.5. The molecule has 0 unspecified atom stereocenters. The molecule has 2 N–H and O–H groups in total. The molecule has 18 heavy (non-hydrogen) atoms. The molecule has 0 aromatic rings. The molecule has 1 amide bonds. The molecule has 0 radical (unpaired) electrons. The number of allylic oxidation sites excluding steroid dienone is 2. The smallest absolute Gasteiger partial charge is 0.223 e. The topological polar surface area (TPSA) is 41.1 Å². The Morgan fingerprint density at radius 3 is 2.39 bits per heavy atom. The van der Waals surface area contributed by atoms with E-state index in [-0.39, 0.29) is 17.2 Å². The summed E-state index contributed by atoms with van der Waals surface area (Å²) in [6.07, 6.45) is 7.30. The Morgan fingerprint density at radius 1 is 1.33 bits per heavy atom. The zero-order valence-electron chi connectivity index (χ0n) is 11.5. The zero-order chi connectivity index (χ0) is 13.4. The van der Waals surface area contributed by atoms with Crippen LogP contribution in [0.2, 0.25) is 0 Å². The largest absolute Gasteiger partial charge is 0.355 e. The number of rotatable bonds is 7. The Balaban J connectivity index is 2.42. The third-order valence-electron chi connectivity index (χ3n) is 3.77. The van der Waals surface area contributed by atoms with Crippen LogP contribution in [0, 0.1) is 11.3 Å². The van der Waals surface area contributed by atoms with Gasteiger partial charge in [-0.15, -0.1) is 13.2 Å². The molecule has 102 valence electrons. The molecule has 0 aromatic carbocycles. The van der Waals surface area contributed by atoms with E-state index in [1.54, 1.807) is 12.2 Å². The van der Waals surface area contributed by atoms with Crippen molar-refractivity contribution in [1.29, 1.82) is 0 Å². The van der Waals surface area contributed by atoms with Gasteiger partial charge in [0.15, 0.2) is 0 Å². The maximum atomic E-state index is 12.1. The van der Waals surface area contributed by atoms with E-state index < -0.39 is 0 Å². The van der Waals surface area contributed by atoms with Crippen molar-refractivity contribution in [3.63, 3.8) is 0 Å². The van der Waals surface area contributed by atoms with Crippen LogP contribution in [0.15, 0.2) is 25.3 Å². The lowest BCUT2D eigenvalue weighted by Gasteiger charge is -2.34. The van der Waals surface area contributed by atoms with Crippen molar-refractivity contribution in [2.24, 2.45) is 11.3 Å². The van der Waals surface area contributed by atoms with E-state index >= 15 is 0 Å². The van der Waals surface area contributed by atoms with Gasteiger partial charge < -0.3 is 10.6 Å². The van der Waals surface area contributed by atoms with Crippen LogP contribution in [-0.2, 0) is 4.79 Å². The SMILES string of the molecule is C=CCC(CC=C)C(=O)NCC1(C)CCNCC1. The van der Waals surface area contributed by atoms with E-state index in [2.05, 4.69) is 30.7 Å². The molecule has 1 rings (SSSR count). The van der Waals surface area contributed by atoms with Gasteiger partial charge >= 0.3 is 0 Å². The molecule has 0 spiro atoms. The minimum atomic E-state index is -0.00897. The molecule has 1 fully saturated rings. The fraction of sp³-hybridized carbons (Fsp3) is 0.667.